The molecule has 0 saturated heterocycles. The Morgan fingerprint density at radius 2 is 2.05 bits per heavy atom. The van der Waals surface area contributed by atoms with E-state index >= 15 is 0 Å². The zero-order valence-electron chi connectivity index (χ0n) is 11.3. The van der Waals surface area contributed by atoms with Gasteiger partial charge in [-0.25, -0.2) is 5.43 Å². The number of rotatable bonds is 5. The van der Waals surface area contributed by atoms with Gasteiger partial charge in [0.2, 0.25) is 0 Å². The lowest BCUT2D eigenvalue weighted by molar-refractivity contribution is -0.119. The van der Waals surface area contributed by atoms with Crippen LogP contribution in [0, 0.1) is 0 Å². The minimum atomic E-state index is -0.243. The zero-order chi connectivity index (χ0) is 15.9. The van der Waals surface area contributed by atoms with Crippen molar-refractivity contribution < 1.29 is 4.79 Å². The molecule has 2 N–H and O–H groups in total. The van der Waals surface area contributed by atoms with Crippen LogP contribution in [0.1, 0.15) is 5.56 Å². The molecule has 0 bridgehead atoms. The number of halogens is 3. The van der Waals surface area contributed by atoms with Crippen molar-refractivity contribution in [2.45, 2.75) is 0 Å². The molecule has 0 aromatic heterocycles. The molecule has 7 heteroatoms. The summed E-state index contributed by atoms with van der Waals surface area (Å²) in [5, 5.41) is 7.54. The first-order valence-corrected chi connectivity index (χ1v) is 8.27. The number of hydrazone groups is 1. The molecule has 114 valence electrons. The fourth-order valence-electron chi connectivity index (χ4n) is 1.61. The van der Waals surface area contributed by atoms with Crippen LogP contribution >= 0.6 is 43.5 Å². The Labute approximate surface area is 150 Å². The molecule has 0 fully saturated rings. The third-order valence-electron chi connectivity index (χ3n) is 2.62. The summed E-state index contributed by atoms with van der Waals surface area (Å²) < 4.78 is 1.75. The molecule has 0 aliphatic heterocycles. The number of hydrogen-bond donors (Lipinski definition) is 2. The third-order valence-corrected chi connectivity index (χ3v) is 4.01. The molecular formula is C15H12Br2ClN3O. The predicted octanol–water partition coefficient (Wildman–Crippen LogP) is 4.43. The van der Waals surface area contributed by atoms with E-state index in [1.54, 1.807) is 24.4 Å². The highest BCUT2D eigenvalue weighted by Crippen LogP contribution is 2.25. The summed E-state index contributed by atoms with van der Waals surface area (Å²) in [7, 11) is 0. The summed E-state index contributed by atoms with van der Waals surface area (Å²) in [5.41, 5.74) is 4.14. The van der Waals surface area contributed by atoms with Crippen molar-refractivity contribution in [3.05, 3.63) is 62.0 Å². The number of amides is 1. The lowest BCUT2D eigenvalue weighted by Crippen LogP contribution is -2.26. The lowest BCUT2D eigenvalue weighted by atomic mass is 10.2. The fraction of sp³-hybridized carbons (Fsp3) is 0.0667. The summed E-state index contributed by atoms with van der Waals surface area (Å²) in [4.78, 5) is 11.7. The molecule has 1 amide bonds. The van der Waals surface area contributed by atoms with Crippen molar-refractivity contribution >= 4 is 61.3 Å². The van der Waals surface area contributed by atoms with Gasteiger partial charge in [-0.15, -0.1) is 0 Å². The Bertz CT molecular complexity index is 707. The van der Waals surface area contributed by atoms with E-state index in [1.807, 2.05) is 24.3 Å². The van der Waals surface area contributed by atoms with Gasteiger partial charge in [0.05, 0.1) is 12.8 Å². The maximum atomic E-state index is 11.7. The summed E-state index contributed by atoms with van der Waals surface area (Å²) in [6.07, 6.45) is 1.58. The Balaban J connectivity index is 1.83. The minimum absolute atomic E-state index is 0.107. The summed E-state index contributed by atoms with van der Waals surface area (Å²) >= 11 is 12.6. The van der Waals surface area contributed by atoms with Gasteiger partial charge in [-0.3, -0.25) is 4.79 Å². The van der Waals surface area contributed by atoms with Crippen LogP contribution < -0.4 is 10.7 Å². The van der Waals surface area contributed by atoms with Crippen molar-refractivity contribution in [1.29, 1.82) is 0 Å². The summed E-state index contributed by atoms with van der Waals surface area (Å²) in [5.74, 6) is -0.243. The molecule has 2 aromatic rings. The maximum Gasteiger partial charge on any atom is 0.259 e. The minimum Gasteiger partial charge on any atom is -0.375 e. The van der Waals surface area contributed by atoms with Crippen LogP contribution in [-0.4, -0.2) is 18.7 Å². The van der Waals surface area contributed by atoms with E-state index in [0.29, 0.717) is 5.02 Å². The highest BCUT2D eigenvalue weighted by atomic mass is 79.9. The van der Waals surface area contributed by atoms with Crippen LogP contribution in [0.3, 0.4) is 0 Å². The maximum absolute atomic E-state index is 11.7. The molecule has 0 saturated carbocycles. The van der Waals surface area contributed by atoms with Gasteiger partial charge in [0.15, 0.2) is 0 Å². The van der Waals surface area contributed by atoms with E-state index in [1.165, 1.54) is 0 Å². The van der Waals surface area contributed by atoms with Crippen LogP contribution in [0.5, 0.6) is 0 Å². The van der Waals surface area contributed by atoms with Crippen molar-refractivity contribution in [2.75, 3.05) is 11.9 Å². The standard InChI is InChI=1S/C15H12Br2ClN3O/c16-11-3-1-2-10(6-11)8-20-21-15(22)9-19-14-5-4-12(18)7-13(14)17/h1-8,19H,9H2,(H,21,22)/b20-8-. The molecule has 0 spiro atoms. The van der Waals surface area contributed by atoms with E-state index in [2.05, 4.69) is 47.7 Å². The van der Waals surface area contributed by atoms with Gasteiger partial charge >= 0.3 is 0 Å². The Morgan fingerprint density at radius 3 is 2.77 bits per heavy atom. The molecule has 4 nitrogen and oxygen atoms in total. The van der Waals surface area contributed by atoms with Gasteiger partial charge in [0, 0.05) is 19.7 Å². The first-order valence-electron chi connectivity index (χ1n) is 6.31. The number of nitrogens with one attached hydrogen (secondary N) is 2. The van der Waals surface area contributed by atoms with Gasteiger partial charge in [0.25, 0.3) is 5.91 Å². The second-order valence-corrected chi connectivity index (χ2v) is 6.53. The molecule has 2 rings (SSSR count). The quantitative estimate of drug-likeness (QED) is 0.529. The Kier molecular flexibility index (Phi) is 6.42. The molecular weight excluding hydrogens is 433 g/mol. The van der Waals surface area contributed by atoms with Crippen molar-refractivity contribution in [3.63, 3.8) is 0 Å². The highest BCUT2D eigenvalue weighted by molar-refractivity contribution is 9.10. The van der Waals surface area contributed by atoms with E-state index < -0.39 is 0 Å². The first kappa shape index (κ1) is 17.0. The number of carbonyl (C=O) groups is 1. The van der Waals surface area contributed by atoms with Crippen LogP contribution in [0.15, 0.2) is 56.5 Å². The SMILES string of the molecule is O=C(CNc1ccc(Cl)cc1Br)N/N=C\c1cccc(Br)c1. The molecule has 22 heavy (non-hydrogen) atoms. The van der Waals surface area contributed by atoms with Crippen LogP contribution in [-0.2, 0) is 4.79 Å². The average Bonchev–Trinajstić information content (AvgIpc) is 2.46. The topological polar surface area (TPSA) is 53.5 Å². The number of hydrogen-bond acceptors (Lipinski definition) is 3. The van der Waals surface area contributed by atoms with Gasteiger partial charge in [-0.2, -0.15) is 5.10 Å². The van der Waals surface area contributed by atoms with E-state index in [9.17, 15) is 4.79 Å². The molecule has 0 heterocycles. The Morgan fingerprint density at radius 1 is 1.23 bits per heavy atom. The smallest absolute Gasteiger partial charge is 0.259 e. The van der Waals surface area contributed by atoms with Gasteiger partial charge in [-0.05, 0) is 51.8 Å². The number of nitrogens with zero attached hydrogens (tertiary/aromatic N) is 1. The van der Waals surface area contributed by atoms with Crippen molar-refractivity contribution in [2.24, 2.45) is 5.10 Å². The Hall–Kier alpha value is -1.37. The van der Waals surface area contributed by atoms with Crippen LogP contribution in [0.25, 0.3) is 0 Å². The van der Waals surface area contributed by atoms with E-state index in [-0.39, 0.29) is 12.5 Å². The van der Waals surface area contributed by atoms with Gasteiger partial charge in [-0.1, -0.05) is 39.7 Å². The fourth-order valence-corrected chi connectivity index (χ4v) is 2.85. The number of anilines is 1. The predicted molar refractivity (Wildman–Crippen MR) is 97.5 cm³/mol. The first-order chi connectivity index (χ1) is 10.5. The monoisotopic (exact) mass is 443 g/mol. The molecule has 2 aromatic carbocycles. The second-order valence-electron chi connectivity index (χ2n) is 4.33. The molecule has 0 radical (unpaired) electrons. The second kappa shape index (κ2) is 8.31. The van der Waals surface area contributed by atoms with Gasteiger partial charge < -0.3 is 5.32 Å². The normalized spacial score (nSPS) is 10.7. The van der Waals surface area contributed by atoms with E-state index in [0.717, 1.165) is 20.2 Å². The van der Waals surface area contributed by atoms with Crippen molar-refractivity contribution in [3.8, 4) is 0 Å². The molecule has 0 aliphatic carbocycles. The van der Waals surface area contributed by atoms with Crippen molar-refractivity contribution in [1.82, 2.24) is 5.43 Å². The van der Waals surface area contributed by atoms with Crippen LogP contribution in [0.4, 0.5) is 5.69 Å². The number of benzene rings is 2. The summed E-state index contributed by atoms with van der Waals surface area (Å²) in [6, 6.07) is 12.9. The molecule has 0 unspecified atom stereocenters. The lowest BCUT2D eigenvalue weighted by Gasteiger charge is -2.07. The largest absolute Gasteiger partial charge is 0.375 e. The summed E-state index contributed by atoms with van der Waals surface area (Å²) in [6.45, 7) is 0.107. The molecule has 0 atom stereocenters. The number of carbonyl (C=O) groups excluding carboxylic acids is 1. The zero-order valence-corrected chi connectivity index (χ0v) is 15.2. The van der Waals surface area contributed by atoms with Crippen LogP contribution in [0.2, 0.25) is 5.02 Å². The van der Waals surface area contributed by atoms with Gasteiger partial charge in [0.1, 0.15) is 0 Å². The highest BCUT2D eigenvalue weighted by Gasteiger charge is 2.03. The molecule has 0 aliphatic rings. The van der Waals surface area contributed by atoms with E-state index in [4.69, 9.17) is 11.6 Å². The third kappa shape index (κ3) is 5.44. The average molecular weight is 446 g/mol.